The number of para-hydroxylation sites is 2. The Kier molecular flexibility index (Phi) is 3.20. The number of oxazole rings is 1. The lowest BCUT2D eigenvalue weighted by molar-refractivity contribution is 0.170. The van der Waals surface area contributed by atoms with E-state index in [1.807, 2.05) is 24.3 Å². The largest absolute Gasteiger partial charge is 0.472 e. The van der Waals surface area contributed by atoms with Crippen LogP contribution in [0.5, 0.6) is 0 Å². The molecular weight excluding hydrogens is 244 g/mol. The summed E-state index contributed by atoms with van der Waals surface area (Å²) in [5, 5.41) is 12.9. The summed E-state index contributed by atoms with van der Waals surface area (Å²) in [5.41, 5.74) is 2.35. The lowest BCUT2D eigenvalue weighted by atomic mass is 10.1. The Labute approximate surface area is 109 Å². The molecule has 5 heteroatoms. The van der Waals surface area contributed by atoms with E-state index in [2.05, 4.69) is 10.3 Å². The van der Waals surface area contributed by atoms with Gasteiger partial charge in [0.05, 0.1) is 18.6 Å². The number of rotatable bonds is 5. The molecule has 0 aliphatic heterocycles. The van der Waals surface area contributed by atoms with Crippen LogP contribution in [-0.2, 0) is 0 Å². The van der Waals surface area contributed by atoms with Gasteiger partial charge < -0.3 is 19.3 Å². The van der Waals surface area contributed by atoms with Crippen LogP contribution in [0.1, 0.15) is 18.1 Å². The van der Waals surface area contributed by atoms with Gasteiger partial charge in [-0.05, 0) is 24.6 Å². The third-order valence-electron chi connectivity index (χ3n) is 2.92. The Hall–Kier alpha value is -2.27. The fourth-order valence-corrected chi connectivity index (χ4v) is 1.89. The van der Waals surface area contributed by atoms with Crippen molar-refractivity contribution in [1.29, 1.82) is 0 Å². The van der Waals surface area contributed by atoms with Crippen molar-refractivity contribution in [3.63, 3.8) is 0 Å². The van der Waals surface area contributed by atoms with Crippen molar-refractivity contribution in [2.75, 3.05) is 11.9 Å². The predicted octanol–water partition coefficient (Wildman–Crippen LogP) is 2.96. The second-order valence-corrected chi connectivity index (χ2v) is 4.27. The highest BCUT2D eigenvalue weighted by Gasteiger charge is 2.09. The first-order valence-electron chi connectivity index (χ1n) is 6.12. The second-order valence-electron chi connectivity index (χ2n) is 4.27. The maximum atomic E-state index is 9.88. The van der Waals surface area contributed by atoms with Gasteiger partial charge in [0.2, 0.25) is 0 Å². The first-order chi connectivity index (χ1) is 9.33. The summed E-state index contributed by atoms with van der Waals surface area (Å²) in [6.45, 7) is 0.569. The van der Waals surface area contributed by atoms with Crippen LogP contribution in [0.4, 0.5) is 6.01 Å². The molecular formula is C14H14N2O3. The third-order valence-corrected chi connectivity index (χ3v) is 2.92. The number of nitrogens with zero attached hydrogens (tertiary/aromatic N) is 1. The summed E-state index contributed by atoms with van der Waals surface area (Å²) in [6, 6.07) is 9.81. The van der Waals surface area contributed by atoms with Crippen LogP contribution >= 0.6 is 0 Å². The number of hydrogen-bond acceptors (Lipinski definition) is 5. The number of furan rings is 1. The summed E-state index contributed by atoms with van der Waals surface area (Å²) in [6.07, 6.45) is 3.10. The molecule has 2 N–H and O–H groups in total. The molecule has 0 spiro atoms. The predicted molar refractivity (Wildman–Crippen MR) is 70.8 cm³/mol. The number of aliphatic hydroxyl groups is 1. The van der Waals surface area contributed by atoms with E-state index in [0.717, 1.165) is 16.7 Å². The first kappa shape index (κ1) is 11.8. The van der Waals surface area contributed by atoms with E-state index in [9.17, 15) is 5.11 Å². The lowest BCUT2D eigenvalue weighted by Gasteiger charge is -2.07. The van der Waals surface area contributed by atoms with Crippen LogP contribution in [0.2, 0.25) is 0 Å². The Morgan fingerprint density at radius 2 is 2.16 bits per heavy atom. The molecule has 0 saturated carbocycles. The molecule has 5 nitrogen and oxygen atoms in total. The number of aliphatic hydroxyl groups excluding tert-OH is 1. The van der Waals surface area contributed by atoms with Crippen LogP contribution in [0.25, 0.3) is 11.1 Å². The zero-order valence-corrected chi connectivity index (χ0v) is 10.2. The number of nitrogens with one attached hydrogen (secondary N) is 1. The highest BCUT2D eigenvalue weighted by Crippen LogP contribution is 2.20. The average molecular weight is 258 g/mol. The van der Waals surface area contributed by atoms with Crippen molar-refractivity contribution in [3.05, 3.63) is 48.4 Å². The van der Waals surface area contributed by atoms with E-state index >= 15 is 0 Å². The fourth-order valence-electron chi connectivity index (χ4n) is 1.89. The summed E-state index contributed by atoms with van der Waals surface area (Å²) < 4.78 is 10.4. The molecule has 0 saturated heterocycles. The first-order valence-corrected chi connectivity index (χ1v) is 6.12. The standard InChI is InChI=1S/C14H14N2O3/c17-12(10-6-8-18-9-10)5-7-15-14-16-11-3-1-2-4-13(11)19-14/h1-4,6,8-9,12,17H,5,7H2,(H,15,16). The Morgan fingerprint density at radius 3 is 2.95 bits per heavy atom. The molecule has 19 heavy (non-hydrogen) atoms. The van der Waals surface area contributed by atoms with Crippen LogP contribution in [0.3, 0.4) is 0 Å². The van der Waals surface area contributed by atoms with Gasteiger partial charge in [-0.25, -0.2) is 0 Å². The smallest absolute Gasteiger partial charge is 0.295 e. The minimum Gasteiger partial charge on any atom is -0.472 e. The molecule has 1 aromatic carbocycles. The van der Waals surface area contributed by atoms with Gasteiger partial charge in [-0.15, -0.1) is 0 Å². The molecule has 0 amide bonds. The van der Waals surface area contributed by atoms with Crippen LogP contribution in [-0.4, -0.2) is 16.6 Å². The third kappa shape index (κ3) is 2.61. The maximum absolute atomic E-state index is 9.88. The molecule has 3 aromatic rings. The number of aromatic nitrogens is 1. The highest BCUT2D eigenvalue weighted by molar-refractivity contribution is 5.74. The van der Waals surface area contributed by atoms with E-state index in [1.165, 1.54) is 0 Å². The summed E-state index contributed by atoms with van der Waals surface area (Å²) in [5.74, 6) is 0. The number of anilines is 1. The molecule has 2 aromatic heterocycles. The van der Waals surface area contributed by atoms with Gasteiger partial charge in [0.1, 0.15) is 5.52 Å². The molecule has 1 unspecified atom stereocenters. The van der Waals surface area contributed by atoms with Gasteiger partial charge in [0, 0.05) is 12.1 Å². The fraction of sp³-hybridized carbons (Fsp3) is 0.214. The minimum atomic E-state index is -0.546. The van der Waals surface area contributed by atoms with Crippen molar-refractivity contribution in [1.82, 2.24) is 4.98 Å². The van der Waals surface area contributed by atoms with Gasteiger partial charge in [0.25, 0.3) is 6.01 Å². The van der Waals surface area contributed by atoms with E-state index in [1.54, 1.807) is 18.6 Å². The van der Waals surface area contributed by atoms with Gasteiger partial charge in [-0.1, -0.05) is 12.1 Å². The average Bonchev–Trinajstić information content (AvgIpc) is 3.07. The van der Waals surface area contributed by atoms with Crippen LogP contribution < -0.4 is 5.32 Å². The summed E-state index contributed by atoms with van der Waals surface area (Å²) in [7, 11) is 0. The van der Waals surface area contributed by atoms with Gasteiger partial charge in [-0.3, -0.25) is 0 Å². The van der Waals surface area contributed by atoms with Gasteiger partial charge in [0.15, 0.2) is 5.58 Å². The monoisotopic (exact) mass is 258 g/mol. The quantitative estimate of drug-likeness (QED) is 0.736. The normalized spacial score (nSPS) is 12.7. The molecule has 0 radical (unpaired) electrons. The Bertz CT molecular complexity index is 613. The minimum absolute atomic E-state index is 0.473. The van der Waals surface area contributed by atoms with Crippen molar-refractivity contribution < 1.29 is 13.9 Å². The highest BCUT2D eigenvalue weighted by atomic mass is 16.4. The van der Waals surface area contributed by atoms with E-state index in [0.29, 0.717) is 19.0 Å². The second kappa shape index (κ2) is 5.16. The lowest BCUT2D eigenvalue weighted by Crippen LogP contribution is -2.07. The number of benzene rings is 1. The van der Waals surface area contributed by atoms with Gasteiger partial charge in [-0.2, -0.15) is 4.98 Å². The topological polar surface area (TPSA) is 71.4 Å². The maximum Gasteiger partial charge on any atom is 0.295 e. The van der Waals surface area contributed by atoms with Crippen LogP contribution in [0, 0.1) is 0 Å². The zero-order valence-electron chi connectivity index (χ0n) is 10.2. The molecule has 1 atom stereocenters. The van der Waals surface area contributed by atoms with E-state index < -0.39 is 6.10 Å². The molecule has 0 bridgehead atoms. The summed E-state index contributed by atoms with van der Waals surface area (Å²) >= 11 is 0. The zero-order chi connectivity index (χ0) is 13.1. The Balaban J connectivity index is 1.57. The van der Waals surface area contributed by atoms with Crippen molar-refractivity contribution in [2.24, 2.45) is 0 Å². The van der Waals surface area contributed by atoms with E-state index in [-0.39, 0.29) is 0 Å². The van der Waals surface area contributed by atoms with Crippen molar-refractivity contribution in [3.8, 4) is 0 Å². The number of hydrogen-bond donors (Lipinski definition) is 2. The SMILES string of the molecule is OC(CCNc1nc2ccccc2o1)c1ccoc1. The van der Waals surface area contributed by atoms with Crippen molar-refractivity contribution in [2.45, 2.75) is 12.5 Å². The number of fused-ring (bicyclic) bond motifs is 1. The van der Waals surface area contributed by atoms with Gasteiger partial charge >= 0.3 is 0 Å². The summed E-state index contributed by atoms with van der Waals surface area (Å²) in [4.78, 5) is 4.29. The van der Waals surface area contributed by atoms with E-state index in [4.69, 9.17) is 8.83 Å². The molecule has 2 heterocycles. The molecule has 0 aliphatic rings. The molecule has 0 fully saturated rings. The van der Waals surface area contributed by atoms with Crippen molar-refractivity contribution >= 4 is 17.1 Å². The van der Waals surface area contributed by atoms with Crippen LogP contribution in [0.15, 0.2) is 51.7 Å². The molecule has 98 valence electrons. The molecule has 3 rings (SSSR count). The molecule has 0 aliphatic carbocycles. The Morgan fingerprint density at radius 1 is 1.26 bits per heavy atom.